The summed E-state index contributed by atoms with van der Waals surface area (Å²) in [5, 5.41) is 15.1. The van der Waals surface area contributed by atoms with Crippen LogP contribution >= 0.6 is 0 Å². The Morgan fingerprint density at radius 3 is 2.67 bits per heavy atom. The van der Waals surface area contributed by atoms with E-state index in [0.717, 1.165) is 54.0 Å². The number of aromatic nitrogens is 2. The predicted molar refractivity (Wildman–Crippen MR) is 116 cm³/mol. The molecule has 4 nitrogen and oxygen atoms in total. The van der Waals surface area contributed by atoms with Crippen molar-refractivity contribution in [2.45, 2.75) is 84.3 Å². The Kier molecular flexibility index (Phi) is 4.18. The number of carbonyl (C=O) groups excluding carboxylic acids is 1. The van der Waals surface area contributed by atoms with Gasteiger partial charge in [0.25, 0.3) is 0 Å². The third-order valence-corrected chi connectivity index (χ3v) is 10.5. The van der Waals surface area contributed by atoms with Crippen molar-refractivity contribution in [2.24, 2.45) is 52.8 Å². The van der Waals surface area contributed by atoms with Gasteiger partial charge in [0, 0.05) is 12.1 Å². The maximum absolute atomic E-state index is 13.5. The van der Waals surface area contributed by atoms with Crippen molar-refractivity contribution in [2.75, 3.05) is 0 Å². The van der Waals surface area contributed by atoms with Crippen LogP contribution in [0.5, 0.6) is 0 Å². The van der Waals surface area contributed by atoms with Gasteiger partial charge in [-0.1, -0.05) is 6.92 Å². The average molecular weight is 411 g/mol. The highest BCUT2D eigenvalue weighted by atomic mass is 16.3. The summed E-state index contributed by atoms with van der Waals surface area (Å²) in [5.74, 6) is 6.14. The van der Waals surface area contributed by atoms with E-state index in [2.05, 4.69) is 18.9 Å². The number of nitrogens with zero attached hydrogens (tertiary/aromatic N) is 2. The van der Waals surface area contributed by atoms with Crippen LogP contribution in [-0.4, -0.2) is 26.3 Å². The molecule has 0 aromatic carbocycles. The molecule has 5 saturated carbocycles. The number of rotatable bonds is 3. The molecular weight excluding hydrogens is 372 g/mol. The quantitative estimate of drug-likeness (QED) is 0.790. The molecule has 0 radical (unpaired) electrons. The molecule has 0 saturated heterocycles. The first kappa shape index (κ1) is 19.5. The molecule has 6 rings (SSSR count). The summed E-state index contributed by atoms with van der Waals surface area (Å²) in [5.41, 5.74) is 0.765. The van der Waals surface area contributed by atoms with Gasteiger partial charge in [0.15, 0.2) is 5.78 Å². The first-order valence-electron chi connectivity index (χ1n) is 12.5. The smallest absolute Gasteiger partial charge is 0.158 e. The van der Waals surface area contributed by atoms with Gasteiger partial charge < -0.3 is 5.11 Å². The van der Waals surface area contributed by atoms with Crippen molar-refractivity contribution in [1.82, 2.24) is 9.78 Å². The van der Waals surface area contributed by atoms with Crippen LogP contribution in [0.25, 0.3) is 0 Å². The Morgan fingerprint density at radius 2 is 1.90 bits per heavy atom. The highest BCUT2D eigenvalue weighted by molar-refractivity contribution is 5.83. The lowest BCUT2D eigenvalue weighted by Gasteiger charge is -2.57. The van der Waals surface area contributed by atoms with Crippen molar-refractivity contribution in [3.05, 3.63) is 18.0 Å². The van der Waals surface area contributed by atoms with Gasteiger partial charge in [-0.2, -0.15) is 5.10 Å². The molecule has 5 fully saturated rings. The van der Waals surface area contributed by atoms with E-state index in [0.29, 0.717) is 18.2 Å². The summed E-state index contributed by atoms with van der Waals surface area (Å²) in [6.45, 7) is 6.98. The minimum Gasteiger partial charge on any atom is -0.390 e. The first-order chi connectivity index (χ1) is 14.3. The fraction of sp³-hybridized carbons (Fsp3) is 0.846. The van der Waals surface area contributed by atoms with Crippen LogP contribution in [-0.2, 0) is 11.3 Å². The molecule has 5 aliphatic carbocycles. The van der Waals surface area contributed by atoms with Crippen molar-refractivity contribution in [3.63, 3.8) is 0 Å². The van der Waals surface area contributed by atoms with Crippen LogP contribution in [0.2, 0.25) is 0 Å². The third kappa shape index (κ3) is 2.81. The molecule has 1 aromatic rings. The molecule has 5 aliphatic rings. The zero-order valence-electron chi connectivity index (χ0n) is 18.9. The number of hydrogen-bond donors (Lipinski definition) is 1. The van der Waals surface area contributed by atoms with E-state index in [1.54, 1.807) is 0 Å². The van der Waals surface area contributed by atoms with Crippen LogP contribution < -0.4 is 0 Å². The number of aryl methyl sites for hydroxylation is 1. The molecule has 30 heavy (non-hydrogen) atoms. The normalized spacial score (nSPS) is 51.5. The standard InChI is InChI=1S/C26H38N2O2/c1-15-8-11-28(27-15)14-22(29)24-21-12-20(21)23-19-5-4-16-13-25(2,30)9-6-17(16)18(19)7-10-26(23,24)3/h8,11,16-21,23-24,30H,4-7,9-10,12-14H2,1-3H3/t16-,17+,18-,19-,20-,21+,23-,24-,25-,26+/m1/s1. The van der Waals surface area contributed by atoms with Gasteiger partial charge in [0.2, 0.25) is 0 Å². The highest BCUT2D eigenvalue weighted by Gasteiger charge is 2.70. The van der Waals surface area contributed by atoms with Gasteiger partial charge in [0.05, 0.1) is 17.8 Å². The largest absolute Gasteiger partial charge is 0.390 e. The number of aliphatic hydroxyl groups is 1. The Morgan fingerprint density at radius 1 is 1.10 bits per heavy atom. The van der Waals surface area contributed by atoms with E-state index >= 15 is 0 Å². The second kappa shape index (κ2) is 6.43. The van der Waals surface area contributed by atoms with Crippen LogP contribution in [0.1, 0.15) is 70.9 Å². The summed E-state index contributed by atoms with van der Waals surface area (Å²) >= 11 is 0. The summed E-state index contributed by atoms with van der Waals surface area (Å²) in [7, 11) is 0. The Hall–Kier alpha value is -1.16. The summed E-state index contributed by atoms with van der Waals surface area (Å²) < 4.78 is 1.86. The fourth-order valence-electron chi connectivity index (χ4n) is 9.46. The Bertz CT molecular complexity index is 859. The van der Waals surface area contributed by atoms with Crippen LogP contribution in [0.4, 0.5) is 0 Å². The van der Waals surface area contributed by atoms with Gasteiger partial charge in [-0.25, -0.2) is 0 Å². The first-order valence-corrected chi connectivity index (χ1v) is 12.5. The van der Waals surface area contributed by atoms with Gasteiger partial charge in [-0.15, -0.1) is 0 Å². The molecule has 0 bridgehead atoms. The molecule has 10 atom stereocenters. The topological polar surface area (TPSA) is 55.1 Å². The average Bonchev–Trinajstić information content (AvgIpc) is 3.23. The monoisotopic (exact) mass is 410 g/mol. The fourth-order valence-corrected chi connectivity index (χ4v) is 9.46. The number of hydrogen-bond acceptors (Lipinski definition) is 3. The highest BCUT2D eigenvalue weighted by Crippen LogP contribution is 2.74. The molecule has 4 heteroatoms. The van der Waals surface area contributed by atoms with E-state index in [1.807, 2.05) is 23.9 Å². The van der Waals surface area contributed by atoms with Crippen LogP contribution in [0, 0.1) is 59.7 Å². The van der Waals surface area contributed by atoms with E-state index < -0.39 is 5.60 Å². The lowest BCUT2D eigenvalue weighted by Crippen LogP contribution is -2.52. The number of fused-ring (bicyclic) bond motifs is 7. The summed E-state index contributed by atoms with van der Waals surface area (Å²) in [6, 6.07) is 2.00. The maximum atomic E-state index is 13.5. The number of ketones is 1. The maximum Gasteiger partial charge on any atom is 0.158 e. The lowest BCUT2D eigenvalue weighted by molar-refractivity contribution is -0.136. The summed E-state index contributed by atoms with van der Waals surface area (Å²) in [6.07, 6.45) is 11.7. The zero-order chi connectivity index (χ0) is 20.8. The zero-order valence-corrected chi connectivity index (χ0v) is 18.9. The minimum atomic E-state index is -0.436. The molecule has 164 valence electrons. The predicted octanol–water partition coefficient (Wildman–Crippen LogP) is 4.64. The van der Waals surface area contributed by atoms with Crippen LogP contribution in [0.3, 0.4) is 0 Å². The van der Waals surface area contributed by atoms with E-state index in [1.165, 1.54) is 38.5 Å². The Balaban J connectivity index is 1.23. The van der Waals surface area contributed by atoms with Gasteiger partial charge in [-0.05, 0) is 118 Å². The minimum absolute atomic E-state index is 0.209. The molecule has 0 spiro atoms. The van der Waals surface area contributed by atoms with E-state index in [9.17, 15) is 9.90 Å². The van der Waals surface area contributed by atoms with Gasteiger partial charge >= 0.3 is 0 Å². The van der Waals surface area contributed by atoms with Gasteiger partial charge in [0.1, 0.15) is 0 Å². The molecule has 1 heterocycles. The molecular formula is C26H38N2O2. The van der Waals surface area contributed by atoms with Crippen molar-refractivity contribution < 1.29 is 9.90 Å². The van der Waals surface area contributed by atoms with E-state index in [-0.39, 0.29) is 11.3 Å². The second-order valence-corrected chi connectivity index (χ2v) is 12.3. The van der Waals surface area contributed by atoms with Crippen molar-refractivity contribution >= 4 is 5.78 Å². The molecule has 0 unspecified atom stereocenters. The number of carbonyl (C=O) groups is 1. The van der Waals surface area contributed by atoms with Crippen molar-refractivity contribution in [3.8, 4) is 0 Å². The van der Waals surface area contributed by atoms with Gasteiger partial charge in [-0.3, -0.25) is 9.48 Å². The molecule has 1 N–H and O–H groups in total. The Labute approximate surface area is 180 Å². The second-order valence-electron chi connectivity index (χ2n) is 12.3. The molecule has 0 amide bonds. The lowest BCUT2D eigenvalue weighted by atomic mass is 9.48. The van der Waals surface area contributed by atoms with E-state index in [4.69, 9.17) is 0 Å². The SMILES string of the molecule is Cc1ccn(CC(=O)[C@H]2[C@H]3C[C@H]3[C@H]3[C@@H]4CC[C@@H]5C[C@](C)(O)CC[C@@H]5[C@H]4CC[C@@]32C)n1. The molecule has 0 aliphatic heterocycles. The van der Waals surface area contributed by atoms with Crippen molar-refractivity contribution in [1.29, 1.82) is 0 Å². The van der Waals surface area contributed by atoms with Crippen LogP contribution in [0.15, 0.2) is 12.3 Å². The molecule has 1 aromatic heterocycles. The third-order valence-electron chi connectivity index (χ3n) is 10.5. The summed E-state index contributed by atoms with van der Waals surface area (Å²) in [4.78, 5) is 13.5. The number of Topliss-reactive ketones (excluding diaryl/α,β-unsaturated/α-hetero) is 1.